The van der Waals surface area contributed by atoms with Gasteiger partial charge in [0.15, 0.2) is 0 Å². The first-order valence-electron chi connectivity index (χ1n) is 10.7. The van der Waals surface area contributed by atoms with Crippen LogP contribution in [0.1, 0.15) is 55.2 Å². The zero-order valence-electron chi connectivity index (χ0n) is 18.5. The normalized spacial score (nSPS) is 21.0. The van der Waals surface area contributed by atoms with Crippen LogP contribution in [-0.4, -0.2) is 42.5 Å². The zero-order chi connectivity index (χ0) is 19.9. The Morgan fingerprint density at radius 2 is 1.93 bits per heavy atom. The number of aromatic nitrogens is 1. The summed E-state index contributed by atoms with van der Waals surface area (Å²) >= 11 is 0. The van der Waals surface area contributed by atoms with Crippen molar-refractivity contribution in [1.29, 1.82) is 0 Å². The van der Waals surface area contributed by atoms with Crippen LogP contribution in [0, 0.1) is 17.3 Å². The Bertz CT molecular complexity index is 894. The number of para-hydroxylation sites is 1. The van der Waals surface area contributed by atoms with Crippen LogP contribution in [0.4, 0.5) is 0 Å². The highest BCUT2D eigenvalue weighted by Gasteiger charge is 2.35. The number of nitrogens with one attached hydrogen (secondary N) is 1. The molecule has 0 radical (unpaired) electrons. The standard InChI is InChI=1S/C24H33N3O.2ClH/c1-24(2,3)17-9-10-21-19(13-17)22(18-7-5-6-8-20(18)26-21)23(28)27-12-11-16(15-27)14-25-4;;/h5-8,16-17,25H,9-15H2,1-4H3;2*1H. The molecule has 6 heteroatoms. The van der Waals surface area contributed by atoms with Crippen LogP contribution in [0.2, 0.25) is 0 Å². The summed E-state index contributed by atoms with van der Waals surface area (Å²) < 4.78 is 0. The van der Waals surface area contributed by atoms with Gasteiger partial charge in [0.25, 0.3) is 5.91 Å². The molecule has 1 aliphatic heterocycles. The first kappa shape index (κ1) is 24.9. The minimum atomic E-state index is 0. The van der Waals surface area contributed by atoms with Gasteiger partial charge in [-0.2, -0.15) is 0 Å². The van der Waals surface area contributed by atoms with Gasteiger partial charge >= 0.3 is 0 Å². The van der Waals surface area contributed by atoms with Gasteiger partial charge in [-0.1, -0.05) is 39.0 Å². The van der Waals surface area contributed by atoms with Gasteiger partial charge < -0.3 is 10.2 Å². The molecule has 0 saturated carbocycles. The molecule has 2 atom stereocenters. The van der Waals surface area contributed by atoms with E-state index < -0.39 is 0 Å². The molecule has 0 spiro atoms. The minimum absolute atomic E-state index is 0. The van der Waals surface area contributed by atoms with Crippen molar-refractivity contribution in [3.8, 4) is 0 Å². The fraction of sp³-hybridized carbons (Fsp3) is 0.583. The van der Waals surface area contributed by atoms with E-state index in [1.54, 1.807) is 0 Å². The molecule has 1 N–H and O–H groups in total. The summed E-state index contributed by atoms with van der Waals surface area (Å²) in [6.45, 7) is 9.66. The number of likely N-dealkylation sites (tertiary alicyclic amines) is 1. The summed E-state index contributed by atoms with van der Waals surface area (Å²) in [5, 5.41) is 4.29. The third kappa shape index (κ3) is 4.76. The minimum Gasteiger partial charge on any atom is -0.338 e. The Morgan fingerprint density at radius 1 is 1.20 bits per heavy atom. The van der Waals surface area contributed by atoms with Crippen LogP contribution >= 0.6 is 24.8 Å². The molecule has 1 fully saturated rings. The SMILES string of the molecule is CNCC1CCN(C(=O)c2c3c(nc4ccccc24)CCC(C(C)(C)C)C3)C1.Cl.Cl. The number of hydrogen-bond acceptors (Lipinski definition) is 3. The number of amides is 1. The average molecular weight is 452 g/mol. The van der Waals surface area contributed by atoms with Crippen molar-refractivity contribution in [1.82, 2.24) is 15.2 Å². The van der Waals surface area contributed by atoms with Gasteiger partial charge in [-0.3, -0.25) is 9.78 Å². The largest absolute Gasteiger partial charge is 0.338 e. The van der Waals surface area contributed by atoms with Crippen molar-refractivity contribution >= 4 is 41.6 Å². The third-order valence-electron chi connectivity index (χ3n) is 6.76. The molecule has 0 bridgehead atoms. The van der Waals surface area contributed by atoms with E-state index in [2.05, 4.69) is 43.1 Å². The lowest BCUT2D eigenvalue weighted by Crippen LogP contribution is -2.34. The van der Waals surface area contributed by atoms with E-state index in [4.69, 9.17) is 4.98 Å². The second-order valence-electron chi connectivity index (χ2n) is 9.70. The van der Waals surface area contributed by atoms with E-state index in [0.29, 0.717) is 11.8 Å². The molecule has 1 amide bonds. The molecular weight excluding hydrogens is 417 g/mol. The molecule has 1 saturated heterocycles. The first-order chi connectivity index (χ1) is 13.4. The lowest BCUT2D eigenvalue weighted by Gasteiger charge is -2.36. The molecule has 1 aliphatic carbocycles. The monoisotopic (exact) mass is 451 g/mol. The Labute approximate surface area is 193 Å². The molecule has 166 valence electrons. The Balaban J connectivity index is 0.00000160. The molecule has 2 aromatic rings. The van der Waals surface area contributed by atoms with Gasteiger partial charge in [0, 0.05) is 24.2 Å². The van der Waals surface area contributed by atoms with Crippen LogP contribution in [-0.2, 0) is 12.8 Å². The fourth-order valence-corrected chi connectivity index (χ4v) is 5.00. The lowest BCUT2D eigenvalue weighted by atomic mass is 9.70. The summed E-state index contributed by atoms with van der Waals surface area (Å²) in [5.41, 5.74) is 4.50. The Hall–Kier alpha value is -1.36. The lowest BCUT2D eigenvalue weighted by molar-refractivity contribution is 0.0786. The first-order valence-corrected chi connectivity index (χ1v) is 10.7. The van der Waals surface area contributed by atoms with Gasteiger partial charge in [-0.05, 0) is 68.2 Å². The van der Waals surface area contributed by atoms with Crippen LogP contribution in [0.5, 0.6) is 0 Å². The van der Waals surface area contributed by atoms with E-state index >= 15 is 0 Å². The molecule has 1 aromatic heterocycles. The maximum Gasteiger partial charge on any atom is 0.254 e. The maximum absolute atomic E-state index is 13.7. The molecule has 2 unspecified atom stereocenters. The molecular formula is C24H35Cl2N3O. The Morgan fingerprint density at radius 3 is 2.63 bits per heavy atom. The maximum atomic E-state index is 13.7. The molecule has 2 aliphatic rings. The smallest absolute Gasteiger partial charge is 0.254 e. The van der Waals surface area contributed by atoms with Gasteiger partial charge in [0.2, 0.25) is 0 Å². The van der Waals surface area contributed by atoms with E-state index in [-0.39, 0.29) is 36.1 Å². The van der Waals surface area contributed by atoms with Crippen molar-refractivity contribution < 1.29 is 4.79 Å². The van der Waals surface area contributed by atoms with Crippen molar-refractivity contribution in [2.45, 2.75) is 46.5 Å². The number of nitrogens with zero attached hydrogens (tertiary/aromatic N) is 2. The van der Waals surface area contributed by atoms with Crippen LogP contribution in [0.15, 0.2) is 24.3 Å². The van der Waals surface area contributed by atoms with Crippen molar-refractivity contribution in [2.24, 2.45) is 17.3 Å². The van der Waals surface area contributed by atoms with Crippen LogP contribution in [0.3, 0.4) is 0 Å². The van der Waals surface area contributed by atoms with Gasteiger partial charge in [0.1, 0.15) is 0 Å². The fourth-order valence-electron chi connectivity index (χ4n) is 5.00. The summed E-state index contributed by atoms with van der Waals surface area (Å²) in [4.78, 5) is 20.8. The average Bonchev–Trinajstić information content (AvgIpc) is 3.13. The van der Waals surface area contributed by atoms with E-state index in [1.807, 2.05) is 19.2 Å². The highest BCUT2D eigenvalue weighted by molar-refractivity contribution is 6.07. The van der Waals surface area contributed by atoms with Gasteiger partial charge in [-0.25, -0.2) is 0 Å². The van der Waals surface area contributed by atoms with E-state index in [1.165, 1.54) is 5.56 Å². The predicted octanol–water partition coefficient (Wildman–Crippen LogP) is 4.91. The number of carbonyl (C=O) groups excluding carboxylic acids is 1. The number of hydrogen-bond donors (Lipinski definition) is 1. The van der Waals surface area contributed by atoms with Gasteiger partial charge in [-0.15, -0.1) is 24.8 Å². The van der Waals surface area contributed by atoms with E-state index in [9.17, 15) is 4.79 Å². The van der Waals surface area contributed by atoms with E-state index in [0.717, 1.165) is 67.5 Å². The number of rotatable bonds is 3. The second kappa shape index (κ2) is 9.84. The number of benzene rings is 1. The highest BCUT2D eigenvalue weighted by atomic mass is 35.5. The number of aryl methyl sites for hydroxylation is 1. The number of halogens is 2. The summed E-state index contributed by atoms with van der Waals surface area (Å²) in [7, 11) is 1.99. The molecule has 4 nitrogen and oxygen atoms in total. The summed E-state index contributed by atoms with van der Waals surface area (Å²) in [6.07, 6.45) is 4.18. The predicted molar refractivity (Wildman–Crippen MR) is 129 cm³/mol. The van der Waals surface area contributed by atoms with Crippen molar-refractivity contribution in [3.05, 3.63) is 41.1 Å². The topological polar surface area (TPSA) is 45.2 Å². The molecule has 2 heterocycles. The summed E-state index contributed by atoms with van der Waals surface area (Å²) in [6, 6.07) is 8.19. The summed E-state index contributed by atoms with van der Waals surface area (Å²) in [5.74, 6) is 1.35. The highest BCUT2D eigenvalue weighted by Crippen LogP contribution is 2.40. The van der Waals surface area contributed by atoms with Crippen LogP contribution in [0.25, 0.3) is 10.9 Å². The quantitative estimate of drug-likeness (QED) is 0.720. The third-order valence-corrected chi connectivity index (χ3v) is 6.76. The number of pyridine rings is 1. The van der Waals surface area contributed by atoms with Crippen LogP contribution < -0.4 is 5.32 Å². The number of fused-ring (bicyclic) bond motifs is 2. The van der Waals surface area contributed by atoms with Crippen molar-refractivity contribution in [2.75, 3.05) is 26.7 Å². The molecule has 30 heavy (non-hydrogen) atoms. The second-order valence-corrected chi connectivity index (χ2v) is 9.70. The number of carbonyl (C=O) groups is 1. The zero-order valence-corrected chi connectivity index (χ0v) is 20.2. The van der Waals surface area contributed by atoms with Gasteiger partial charge in [0.05, 0.1) is 11.1 Å². The molecule has 1 aromatic carbocycles. The molecule has 4 rings (SSSR count). The Kier molecular flexibility index (Phi) is 8.17. The van der Waals surface area contributed by atoms with Crippen molar-refractivity contribution in [3.63, 3.8) is 0 Å².